The van der Waals surface area contributed by atoms with Crippen LogP contribution in [0.4, 0.5) is 20.2 Å². The number of benzene rings is 3. The van der Waals surface area contributed by atoms with E-state index in [9.17, 15) is 37.1 Å². The van der Waals surface area contributed by atoms with Gasteiger partial charge in [0.1, 0.15) is 29.7 Å². The third kappa shape index (κ3) is 13.0. The number of aromatic nitrogens is 3. The van der Waals surface area contributed by atoms with Gasteiger partial charge < -0.3 is 30.5 Å². The van der Waals surface area contributed by atoms with Gasteiger partial charge in [-0.1, -0.05) is 68.8 Å². The zero-order valence-corrected chi connectivity index (χ0v) is 48.2. The van der Waals surface area contributed by atoms with Crippen molar-refractivity contribution in [1.29, 1.82) is 0 Å². The van der Waals surface area contributed by atoms with E-state index in [1.54, 1.807) is 23.6 Å². The number of hydrazine groups is 1. The highest BCUT2D eigenvalue weighted by atomic mass is 35.5. The van der Waals surface area contributed by atoms with Gasteiger partial charge in [-0.2, -0.15) is 0 Å². The van der Waals surface area contributed by atoms with Crippen molar-refractivity contribution in [3.8, 4) is 21.6 Å². The van der Waals surface area contributed by atoms with Crippen molar-refractivity contribution in [3.63, 3.8) is 0 Å². The number of ketones is 1. The van der Waals surface area contributed by atoms with Crippen LogP contribution in [0.1, 0.15) is 73.6 Å². The fourth-order valence-electron chi connectivity index (χ4n) is 11.5. The first-order valence-electron chi connectivity index (χ1n) is 27.5. The number of nitrogens with zero attached hydrogens (tertiary/aromatic N) is 8. The number of thiol groups is 1. The highest BCUT2D eigenvalue weighted by Crippen LogP contribution is 2.37. The van der Waals surface area contributed by atoms with E-state index >= 15 is 4.39 Å². The molecule has 7 heterocycles. The number of carbonyl (C=O) groups is 4. The standard InChI is InChI=1S/C58H68ClF2N11O7S2/c1-35-53(80-34-65-35)39-7-5-36(6-8-39)27-64-56(76)48-26-43(73)32-71(48)57(77)54(58(2,3)4)66-49(74)33-67-18-15-37(16-19-67)30-68-21-23-69(24-22-68)42-11-9-38(10-12-42)40-25-44-45(29-63-55(44)62-28-40)52(75)50-46(61)13-14-47(51(50)59)72(81(78)79)70-20-17-41(60)31-70/h5-14,25,28-29,34,37,41,43,48,54,73,81H,15-24,26-27,30-33H2,1-4H3,(H,62,63)(H,64,76)(H,66,74)/t41-,43-,48+,54-/m1/s1. The second kappa shape index (κ2) is 24.6. The summed E-state index contributed by atoms with van der Waals surface area (Å²) in [5.41, 5.74) is 6.54. The first kappa shape index (κ1) is 57.8. The number of alkyl halides is 1. The lowest BCUT2D eigenvalue weighted by Crippen LogP contribution is -2.59. The number of rotatable bonds is 17. The summed E-state index contributed by atoms with van der Waals surface area (Å²) in [6, 6.07) is 18.2. The molecule has 10 rings (SSSR count). The lowest BCUT2D eigenvalue weighted by atomic mass is 9.85. The lowest BCUT2D eigenvalue weighted by Gasteiger charge is -2.40. The highest BCUT2D eigenvalue weighted by Gasteiger charge is 2.45. The number of amides is 3. The van der Waals surface area contributed by atoms with Crippen LogP contribution in [0.5, 0.6) is 0 Å². The van der Waals surface area contributed by atoms with Crippen LogP contribution >= 0.6 is 22.9 Å². The second-order valence-electron chi connectivity index (χ2n) is 22.7. The number of aromatic amines is 1. The summed E-state index contributed by atoms with van der Waals surface area (Å²) < 4.78 is 55.1. The SMILES string of the molecule is Cc1ncsc1-c1ccc(CNC(=O)[C@@H]2C[C@@H](O)CN2C(=O)[C@@H](NC(=O)CN2CCC(CN3CCN(c4ccc(-c5cnc6[nH]cc(C(=O)c7c(F)ccc(N(N8CC[C@@H](F)C8)[SH](=O)=O)c7Cl)c6c5)cc4)CC3)CC2)C(C)(C)C)cc1. The van der Waals surface area contributed by atoms with Crippen LogP contribution < -0.4 is 19.9 Å². The maximum Gasteiger partial charge on any atom is 0.246 e. The third-order valence-corrected chi connectivity index (χ3v) is 18.2. The fourth-order valence-corrected chi connectivity index (χ4v) is 13.4. The summed E-state index contributed by atoms with van der Waals surface area (Å²) in [5, 5.41) is 18.0. The van der Waals surface area contributed by atoms with Crippen LogP contribution in [0.25, 0.3) is 32.6 Å². The van der Waals surface area contributed by atoms with Gasteiger partial charge in [0.2, 0.25) is 28.6 Å². The molecule has 6 aromatic rings. The van der Waals surface area contributed by atoms with Gasteiger partial charge in [0.25, 0.3) is 0 Å². The van der Waals surface area contributed by atoms with Gasteiger partial charge in [-0.25, -0.2) is 36.6 Å². The molecule has 4 aliphatic rings. The number of hydrogen-bond acceptors (Lipinski definition) is 14. The van der Waals surface area contributed by atoms with E-state index in [1.807, 2.05) is 69.6 Å². The van der Waals surface area contributed by atoms with Gasteiger partial charge in [-0.15, -0.1) is 11.3 Å². The zero-order chi connectivity index (χ0) is 57.3. The van der Waals surface area contributed by atoms with Crippen LogP contribution in [0, 0.1) is 24.1 Å². The first-order chi connectivity index (χ1) is 38.8. The Labute approximate surface area is 480 Å². The molecule has 0 aliphatic carbocycles. The number of anilines is 2. The number of piperidine rings is 1. The van der Waals surface area contributed by atoms with E-state index in [0.29, 0.717) is 17.0 Å². The van der Waals surface area contributed by atoms with Gasteiger partial charge in [0.15, 0.2) is 5.78 Å². The molecular formula is C58H68ClF2N11O7S2. The van der Waals surface area contributed by atoms with E-state index in [4.69, 9.17) is 11.6 Å². The topological polar surface area (TPSA) is 208 Å². The fraction of sp³-hybridized carbons (Fsp3) is 0.448. The number of hydrogen-bond donors (Lipinski definition) is 5. The zero-order valence-electron chi connectivity index (χ0n) is 45.7. The number of aliphatic hydroxyl groups excluding tert-OH is 1. The van der Waals surface area contributed by atoms with Crippen LogP contribution in [0.3, 0.4) is 0 Å². The summed E-state index contributed by atoms with van der Waals surface area (Å²) in [4.78, 5) is 76.9. The average Bonchev–Trinajstić information content (AvgIpc) is 4.32. The Hall–Kier alpha value is -6.40. The van der Waals surface area contributed by atoms with Gasteiger partial charge in [-0.3, -0.25) is 29.0 Å². The Bertz CT molecular complexity index is 3350. The number of likely N-dealkylation sites (tertiary alicyclic amines) is 2. The van der Waals surface area contributed by atoms with Crippen LogP contribution in [0.15, 0.2) is 84.6 Å². The Kier molecular flexibility index (Phi) is 17.6. The van der Waals surface area contributed by atoms with Gasteiger partial charge in [-0.05, 0) is 97.6 Å². The quantitative estimate of drug-likeness (QED) is 0.0482. The molecule has 0 bridgehead atoms. The number of H-pyrrole nitrogens is 1. The maximum atomic E-state index is 15.5. The molecule has 0 spiro atoms. The number of aliphatic hydroxyl groups is 1. The summed E-state index contributed by atoms with van der Waals surface area (Å²) >= 11 is 8.20. The number of piperazine rings is 1. The smallest absolute Gasteiger partial charge is 0.246 e. The van der Waals surface area contributed by atoms with Crippen molar-refractivity contribution in [3.05, 3.63) is 118 Å². The number of thiazole rings is 1. The molecule has 0 unspecified atom stereocenters. The molecule has 3 aromatic carbocycles. The molecule has 4 atom stereocenters. The summed E-state index contributed by atoms with van der Waals surface area (Å²) in [6.07, 6.45) is 3.12. The molecule has 81 heavy (non-hydrogen) atoms. The predicted octanol–water partition coefficient (Wildman–Crippen LogP) is 6.62. The largest absolute Gasteiger partial charge is 0.391 e. The number of halogens is 3. The molecule has 4 saturated heterocycles. The minimum atomic E-state index is -3.34. The van der Waals surface area contributed by atoms with Crippen molar-refractivity contribution < 1.29 is 41.5 Å². The molecule has 4 fully saturated rings. The molecule has 4 N–H and O–H groups in total. The number of β-amino-alcohol motifs (C(OH)–C–C–N with tert-alkyl or cyclic N) is 1. The summed E-state index contributed by atoms with van der Waals surface area (Å²) in [5.74, 6) is -2.22. The van der Waals surface area contributed by atoms with Crippen LogP contribution in [-0.4, -0.2) is 168 Å². The van der Waals surface area contributed by atoms with Gasteiger partial charge >= 0.3 is 0 Å². The van der Waals surface area contributed by atoms with E-state index < -0.39 is 62.9 Å². The number of carbonyl (C=O) groups excluding carboxylic acids is 4. The van der Waals surface area contributed by atoms with E-state index in [2.05, 4.69) is 52.4 Å². The Morgan fingerprint density at radius 3 is 2.27 bits per heavy atom. The maximum absolute atomic E-state index is 15.5. The van der Waals surface area contributed by atoms with Crippen molar-refractivity contribution in [2.24, 2.45) is 11.3 Å². The highest BCUT2D eigenvalue weighted by molar-refractivity contribution is 7.74. The Balaban J connectivity index is 0.684. The van der Waals surface area contributed by atoms with Crippen molar-refractivity contribution in [1.82, 2.24) is 45.3 Å². The molecule has 4 aliphatic heterocycles. The van der Waals surface area contributed by atoms with Gasteiger partial charge in [0.05, 0.1) is 51.5 Å². The third-order valence-electron chi connectivity index (χ3n) is 16.1. The molecule has 3 aromatic heterocycles. The molecule has 23 heteroatoms. The number of nitrogens with one attached hydrogen (secondary N) is 3. The minimum Gasteiger partial charge on any atom is -0.391 e. The monoisotopic (exact) mass is 1170 g/mol. The molecular weight excluding hydrogens is 1100 g/mol. The predicted molar refractivity (Wildman–Crippen MR) is 310 cm³/mol. The summed E-state index contributed by atoms with van der Waals surface area (Å²) in [6.45, 7) is 13.9. The number of fused-ring (bicyclic) bond motifs is 1. The molecule has 0 radical (unpaired) electrons. The average molecular weight is 1170 g/mol. The lowest BCUT2D eigenvalue weighted by molar-refractivity contribution is -0.144. The second-order valence-corrected chi connectivity index (χ2v) is 24.8. The molecule has 430 valence electrons. The number of aryl methyl sites for hydroxylation is 1. The van der Waals surface area contributed by atoms with Crippen molar-refractivity contribution in [2.45, 2.75) is 84.3 Å². The Morgan fingerprint density at radius 2 is 1.62 bits per heavy atom. The Morgan fingerprint density at radius 1 is 0.901 bits per heavy atom. The molecule has 3 amide bonds. The van der Waals surface area contributed by atoms with E-state index in [0.717, 1.165) is 114 Å². The van der Waals surface area contributed by atoms with Crippen molar-refractivity contribution >= 4 is 79.7 Å². The molecule has 18 nitrogen and oxygen atoms in total. The minimum absolute atomic E-state index is 0.00482. The first-order valence-corrected chi connectivity index (χ1v) is 29.9. The number of pyridine rings is 1. The normalized spacial score (nSPS) is 20.1. The molecule has 0 saturated carbocycles. The van der Waals surface area contributed by atoms with Gasteiger partial charge in [0, 0.05) is 93.4 Å². The van der Waals surface area contributed by atoms with Crippen molar-refractivity contribution in [2.75, 3.05) is 81.3 Å². The van der Waals surface area contributed by atoms with E-state index in [-0.39, 0.29) is 74.5 Å². The summed E-state index contributed by atoms with van der Waals surface area (Å²) in [7, 11) is -3.34. The van der Waals surface area contributed by atoms with Crippen LogP contribution in [-0.2, 0) is 31.8 Å². The van der Waals surface area contributed by atoms with E-state index in [1.165, 1.54) is 16.1 Å². The van der Waals surface area contributed by atoms with Crippen LogP contribution in [0.2, 0.25) is 5.02 Å².